The summed E-state index contributed by atoms with van der Waals surface area (Å²) in [6.45, 7) is 0. The van der Waals surface area contributed by atoms with Gasteiger partial charge in [-0.15, -0.1) is 0 Å². The van der Waals surface area contributed by atoms with Crippen molar-refractivity contribution in [3.63, 3.8) is 0 Å². The maximum absolute atomic E-state index is 10.6. The first-order valence-electron chi connectivity index (χ1n) is 2.36. The van der Waals surface area contributed by atoms with E-state index in [0.29, 0.717) is 0 Å². The van der Waals surface area contributed by atoms with E-state index in [1.54, 1.807) is 0 Å². The van der Waals surface area contributed by atoms with E-state index >= 15 is 0 Å². The zero-order valence-corrected chi connectivity index (χ0v) is 8.56. The molecule has 6 heteroatoms. The molecule has 0 amide bonds. The van der Waals surface area contributed by atoms with Crippen LogP contribution in [0.3, 0.4) is 0 Å². The van der Waals surface area contributed by atoms with Crippen molar-refractivity contribution in [1.82, 2.24) is 0 Å². The van der Waals surface area contributed by atoms with Gasteiger partial charge < -0.3 is 0 Å². The second-order valence-electron chi connectivity index (χ2n) is 1.40. The van der Waals surface area contributed by atoms with Gasteiger partial charge >= 0.3 is 76.7 Å². The minimum atomic E-state index is -0.670. The van der Waals surface area contributed by atoms with Gasteiger partial charge in [-0.25, -0.2) is 0 Å². The Kier molecular flexibility index (Phi) is 6.52. The van der Waals surface area contributed by atoms with Crippen LogP contribution in [-0.2, 0) is 30.2 Å². The fraction of sp³-hybridized carbons (Fsp3) is 0.500. The van der Waals surface area contributed by atoms with E-state index in [2.05, 4.69) is 27.6 Å². The maximum atomic E-state index is 10.6. The Balaban J connectivity index is 3.35. The van der Waals surface area contributed by atoms with Gasteiger partial charge in [0, 0.05) is 0 Å². The fourth-order valence-corrected chi connectivity index (χ4v) is 1.32. The van der Waals surface area contributed by atoms with Crippen LogP contribution in [0.25, 0.3) is 0 Å². The fourth-order valence-electron chi connectivity index (χ4n) is 0.288. The van der Waals surface area contributed by atoms with E-state index in [1.807, 2.05) is 0 Å². The minimum absolute atomic E-state index is 0.0425. The molecule has 0 spiro atoms. The number of carbonyl (C=O) groups excluding carboxylic acids is 2. The molecule has 0 unspecified atom stereocenters. The number of hydrogen-bond acceptors (Lipinski definition) is 5. The molecule has 0 aromatic carbocycles. The van der Waals surface area contributed by atoms with Crippen LogP contribution in [0.1, 0.15) is 12.8 Å². The number of hydrogen-bond donors (Lipinski definition) is 2. The van der Waals surface area contributed by atoms with Gasteiger partial charge in [0.15, 0.2) is 0 Å². The SMILES string of the molecule is O=C(CC[C](=O)[Tc][SH])OS. The van der Waals surface area contributed by atoms with Crippen molar-refractivity contribution in [3.8, 4) is 0 Å². The summed E-state index contributed by atoms with van der Waals surface area (Å²) in [5.74, 6) is -0.470. The monoisotopic (exact) mass is 263 g/mol. The van der Waals surface area contributed by atoms with Gasteiger partial charge in [-0.2, -0.15) is 0 Å². The summed E-state index contributed by atoms with van der Waals surface area (Å²) >= 11 is 2.61. The molecule has 0 aliphatic carbocycles. The van der Waals surface area contributed by atoms with Crippen molar-refractivity contribution < 1.29 is 30.2 Å². The normalized spacial score (nSPS) is 9.00. The molecule has 0 radical (unpaired) electrons. The molecule has 0 aromatic heterocycles. The quantitative estimate of drug-likeness (QED) is 0.577. The Morgan fingerprint density at radius 2 is 2.00 bits per heavy atom. The Morgan fingerprint density at radius 1 is 1.40 bits per heavy atom. The summed E-state index contributed by atoms with van der Waals surface area (Å²) in [6.07, 6.45) is 0.346. The molecule has 0 fully saturated rings. The third kappa shape index (κ3) is 5.29. The number of rotatable bonds is 4. The first-order valence-corrected chi connectivity index (χ1v) is 6.49. The summed E-state index contributed by atoms with van der Waals surface area (Å²) in [5.41, 5.74) is 0. The van der Waals surface area contributed by atoms with Gasteiger partial charge in [-0.3, -0.25) is 0 Å². The molecule has 0 aliphatic rings. The molecule has 0 rings (SSSR count). The summed E-state index contributed by atoms with van der Waals surface area (Å²) in [6, 6.07) is 0. The van der Waals surface area contributed by atoms with E-state index in [0.717, 1.165) is 0 Å². The first-order chi connectivity index (χ1) is 4.70. The number of carbonyl (C=O) groups is 2. The van der Waals surface area contributed by atoms with Crippen LogP contribution in [0, 0.1) is 0 Å². The summed E-state index contributed by atoms with van der Waals surface area (Å²) in [4.78, 5) is 20.9. The molecule has 59 valence electrons. The molecular weight excluding hydrogens is 258 g/mol. The van der Waals surface area contributed by atoms with Crippen molar-refractivity contribution >= 4 is 33.7 Å². The van der Waals surface area contributed by atoms with E-state index in [1.165, 1.54) is 0 Å². The van der Waals surface area contributed by atoms with Crippen molar-refractivity contribution in [2.24, 2.45) is 0 Å². The average Bonchev–Trinajstić information content (AvgIpc) is 1.99. The first kappa shape index (κ1) is 10.5. The molecular formula is C4H6O3S2Tc. The van der Waals surface area contributed by atoms with Gasteiger partial charge in [0.2, 0.25) is 0 Å². The third-order valence-electron chi connectivity index (χ3n) is 0.722. The molecule has 0 saturated carbocycles. The van der Waals surface area contributed by atoms with Crippen LogP contribution in [0.15, 0.2) is 0 Å². The number of thiol groups is 2. The second-order valence-corrected chi connectivity index (χ2v) is 4.04. The van der Waals surface area contributed by atoms with E-state index in [-0.39, 0.29) is 17.1 Å². The predicted molar refractivity (Wildman–Crippen MR) is 38.3 cm³/mol. The molecule has 0 N–H and O–H groups in total. The zero-order chi connectivity index (χ0) is 7.98. The molecule has 10 heavy (non-hydrogen) atoms. The summed E-state index contributed by atoms with van der Waals surface area (Å²) in [5, 5.41) is 0. The Morgan fingerprint density at radius 3 is 2.40 bits per heavy atom. The Labute approximate surface area is 76.7 Å². The molecule has 0 bridgehead atoms. The van der Waals surface area contributed by atoms with Crippen molar-refractivity contribution in [1.29, 1.82) is 0 Å². The van der Waals surface area contributed by atoms with Gasteiger partial charge in [-0.1, -0.05) is 0 Å². The van der Waals surface area contributed by atoms with Crippen molar-refractivity contribution in [3.05, 3.63) is 0 Å². The van der Waals surface area contributed by atoms with Crippen LogP contribution in [0.5, 0.6) is 0 Å². The van der Waals surface area contributed by atoms with E-state index in [9.17, 15) is 9.59 Å². The molecule has 0 aromatic rings. The second kappa shape index (κ2) is 6.22. The van der Waals surface area contributed by atoms with Gasteiger partial charge in [0.1, 0.15) is 0 Å². The standard InChI is InChI=1S/C4H5O3S.H2S.Tc/c5-3-1-2-4(6)7-8;;/h8H,1-2H2;1H2;/q;;+1/p-1. The molecule has 3 nitrogen and oxygen atoms in total. The Bertz CT molecular complexity index is 122. The topological polar surface area (TPSA) is 43.4 Å². The molecule has 0 saturated heterocycles. The van der Waals surface area contributed by atoms with Crippen molar-refractivity contribution in [2.75, 3.05) is 0 Å². The van der Waals surface area contributed by atoms with Crippen molar-refractivity contribution in [2.45, 2.75) is 12.8 Å². The van der Waals surface area contributed by atoms with Gasteiger partial charge in [0.05, 0.1) is 0 Å². The van der Waals surface area contributed by atoms with Gasteiger partial charge in [0.25, 0.3) is 0 Å². The molecule has 0 atom stereocenters. The van der Waals surface area contributed by atoms with Crippen LogP contribution in [0.2, 0.25) is 0 Å². The summed E-state index contributed by atoms with van der Waals surface area (Å²) < 4.78 is 4.08. The van der Waals surface area contributed by atoms with E-state index < -0.39 is 22.4 Å². The average molecular weight is 264 g/mol. The van der Waals surface area contributed by atoms with Crippen LogP contribution >= 0.6 is 23.4 Å². The molecule has 0 heterocycles. The van der Waals surface area contributed by atoms with Gasteiger partial charge in [-0.05, 0) is 0 Å². The van der Waals surface area contributed by atoms with Crippen LogP contribution in [0.4, 0.5) is 0 Å². The van der Waals surface area contributed by atoms with Crippen LogP contribution < -0.4 is 0 Å². The third-order valence-corrected chi connectivity index (χ3v) is 2.97. The molecule has 0 aliphatic heterocycles. The zero-order valence-electron chi connectivity index (χ0n) is 4.91. The van der Waals surface area contributed by atoms with Crippen LogP contribution in [-0.4, -0.2) is 10.3 Å². The Hall–Kier alpha value is 0.489. The summed E-state index contributed by atoms with van der Waals surface area (Å²) in [7, 11) is 3.84. The predicted octanol–water partition coefficient (Wildman–Crippen LogP) is 0.609. The van der Waals surface area contributed by atoms with E-state index in [4.69, 9.17) is 0 Å².